The number of rotatable bonds is 12. The van der Waals surface area contributed by atoms with Crippen LogP contribution >= 0.6 is 0 Å². The van der Waals surface area contributed by atoms with E-state index < -0.39 is 53.5 Å². The fourth-order valence-corrected chi connectivity index (χ4v) is 10.4. The van der Waals surface area contributed by atoms with E-state index in [1.165, 1.54) is 36.7 Å². The number of fused-ring (bicyclic) bond motifs is 1. The molecule has 21 heteroatoms. The van der Waals surface area contributed by atoms with Gasteiger partial charge in [0.1, 0.15) is 22.9 Å². The number of aliphatic imine (C=N–C) groups is 1. The first-order chi connectivity index (χ1) is 33.6. The number of aromatic amines is 1. The maximum atomic E-state index is 16.3. The summed E-state index contributed by atoms with van der Waals surface area (Å²) in [6.07, 6.45) is 0.730. The number of imidazole rings is 1. The third-order valence-electron chi connectivity index (χ3n) is 14.0. The van der Waals surface area contributed by atoms with E-state index in [1.54, 1.807) is 25.7 Å². The van der Waals surface area contributed by atoms with Gasteiger partial charge in [0.25, 0.3) is 5.91 Å². The number of ether oxygens (including phenoxy) is 2. The second kappa shape index (κ2) is 18.2. The molecule has 71 heavy (non-hydrogen) atoms. The zero-order valence-electron chi connectivity index (χ0n) is 39.8. The van der Waals surface area contributed by atoms with Crippen LogP contribution in [0.2, 0.25) is 0 Å². The van der Waals surface area contributed by atoms with E-state index in [9.17, 15) is 22.8 Å². The van der Waals surface area contributed by atoms with Gasteiger partial charge in [-0.2, -0.15) is 0 Å². The molecule has 374 valence electrons. The molecule has 3 aliphatic rings. The third-order valence-corrected chi connectivity index (χ3v) is 14.0. The van der Waals surface area contributed by atoms with E-state index in [-0.39, 0.29) is 87.9 Å². The molecule has 0 spiro atoms. The van der Waals surface area contributed by atoms with E-state index >= 15 is 13.6 Å². The maximum Gasteiger partial charge on any atom is 0.522 e. The molecule has 1 saturated carbocycles. The Kier molecular flexibility index (Phi) is 12.6. The van der Waals surface area contributed by atoms with Crippen molar-refractivity contribution in [2.75, 3.05) is 31.6 Å². The predicted molar refractivity (Wildman–Crippen MR) is 255 cm³/mol. The second-order valence-corrected chi connectivity index (χ2v) is 19.2. The van der Waals surface area contributed by atoms with Crippen molar-refractivity contribution in [1.29, 1.82) is 5.41 Å². The lowest BCUT2D eigenvalue weighted by Gasteiger charge is -2.37. The van der Waals surface area contributed by atoms with Gasteiger partial charge < -0.3 is 30.7 Å². The van der Waals surface area contributed by atoms with Gasteiger partial charge in [-0.3, -0.25) is 28.2 Å². The topological polar surface area (TPSA) is 204 Å². The molecule has 5 N–H and O–H groups in total. The Bertz CT molecular complexity index is 3260. The number of H-pyrrole nitrogens is 1. The number of nitrogens with zero attached hydrogens (tertiary/aromatic N) is 6. The number of carbonyl (C=O) groups is 1. The van der Waals surface area contributed by atoms with Gasteiger partial charge >= 0.3 is 17.8 Å². The molecule has 3 aromatic carbocycles. The van der Waals surface area contributed by atoms with Crippen molar-refractivity contribution >= 4 is 40.2 Å². The fourth-order valence-electron chi connectivity index (χ4n) is 10.4. The first kappa shape index (κ1) is 48.9. The molecule has 3 aromatic heterocycles. The molecule has 2 aliphatic heterocycles. The lowest BCUT2D eigenvalue weighted by Crippen LogP contribution is -2.49. The highest BCUT2D eigenvalue weighted by Crippen LogP contribution is 2.56. The number of hydrogen-bond donors (Lipinski definition) is 4. The van der Waals surface area contributed by atoms with Gasteiger partial charge in [0.05, 0.1) is 35.2 Å². The zero-order chi connectivity index (χ0) is 50.9. The molecule has 2 fully saturated rings. The summed E-state index contributed by atoms with van der Waals surface area (Å²) in [5, 5.41) is 15.5. The summed E-state index contributed by atoms with van der Waals surface area (Å²) >= 11 is 0. The minimum absolute atomic E-state index is 0.0123. The van der Waals surface area contributed by atoms with Gasteiger partial charge in [0, 0.05) is 72.6 Å². The number of nitrogens with two attached hydrogens (primary N) is 1. The molecular weight excluding hydrogens is 932 g/mol. The van der Waals surface area contributed by atoms with Crippen LogP contribution in [-0.2, 0) is 15.0 Å². The van der Waals surface area contributed by atoms with Crippen molar-refractivity contribution in [3.05, 3.63) is 139 Å². The van der Waals surface area contributed by atoms with E-state index in [4.69, 9.17) is 25.4 Å². The second-order valence-electron chi connectivity index (χ2n) is 19.2. The van der Waals surface area contributed by atoms with Gasteiger partial charge in [-0.25, -0.2) is 23.4 Å². The van der Waals surface area contributed by atoms with Gasteiger partial charge in [0.2, 0.25) is 0 Å². The Morgan fingerprint density at radius 3 is 2.44 bits per heavy atom. The molecule has 9 rings (SSSR count). The van der Waals surface area contributed by atoms with Crippen molar-refractivity contribution in [2.45, 2.75) is 96.7 Å². The van der Waals surface area contributed by atoms with Gasteiger partial charge in [-0.15, -0.1) is 13.2 Å². The highest BCUT2D eigenvalue weighted by atomic mass is 19.4. The summed E-state index contributed by atoms with van der Waals surface area (Å²) in [7, 11) is 0. The standard InChI is InChI=1S/C50H53F5N10O6/c1-26-19-33(20-27(2)41(26)51)59-43(64-16-15-63(47(64)68)38-10-8-36(34(25-56)42(38)52)58-13-18-70-50(53,54)55)40-29(4)62(14-11-35(40)57)44(66)39-22-32-21-30(31-12-17-69-48(5,6)24-31)7-9-37(32)65(39)49(23-28(49)3)45-60-46(67)71-61-45/h7-10,15-16,19-22,25,28-29,31,56,58H,11-14,17-18,23-24,57H2,1-6H3,(H,60,61,67). The van der Waals surface area contributed by atoms with Crippen molar-refractivity contribution in [1.82, 2.24) is 28.7 Å². The quantitative estimate of drug-likeness (QED) is 0.0403. The number of hydrogen-bond acceptors (Lipinski definition) is 11. The largest absolute Gasteiger partial charge is 0.522 e. The molecule has 4 unspecified atom stereocenters. The Morgan fingerprint density at radius 2 is 1.79 bits per heavy atom. The van der Waals surface area contributed by atoms with Gasteiger partial charge in [0.15, 0.2) is 11.6 Å². The third kappa shape index (κ3) is 9.00. The minimum atomic E-state index is -4.87. The van der Waals surface area contributed by atoms with Crippen LogP contribution in [-0.4, -0.2) is 91.0 Å². The van der Waals surface area contributed by atoms with Crippen LogP contribution in [0.15, 0.2) is 91.3 Å². The van der Waals surface area contributed by atoms with Crippen molar-refractivity contribution < 1.29 is 40.7 Å². The van der Waals surface area contributed by atoms with Gasteiger partial charge in [-0.1, -0.05) is 18.1 Å². The van der Waals surface area contributed by atoms with Crippen LogP contribution in [0.4, 0.5) is 33.3 Å². The molecule has 1 amide bonds. The van der Waals surface area contributed by atoms with Gasteiger partial charge in [-0.05, 0) is 125 Å². The van der Waals surface area contributed by atoms with Crippen LogP contribution in [0, 0.1) is 36.8 Å². The van der Waals surface area contributed by atoms with Crippen molar-refractivity contribution in [3.8, 4) is 5.69 Å². The Balaban J connectivity index is 1.13. The molecular formula is C50H53F5N10O6. The number of aromatic nitrogens is 5. The summed E-state index contributed by atoms with van der Waals surface area (Å²) in [5.74, 6) is -2.22. The first-order valence-corrected chi connectivity index (χ1v) is 23.2. The Labute approximate surface area is 403 Å². The number of aryl methyl sites for hydroxylation is 2. The summed E-state index contributed by atoms with van der Waals surface area (Å²) in [6.45, 7) is 10.6. The number of carbonyl (C=O) groups excluding carboxylic acids is 1. The lowest BCUT2D eigenvalue weighted by atomic mass is 9.83. The molecule has 5 heterocycles. The Hall–Kier alpha value is -7.13. The molecule has 1 saturated heterocycles. The number of nitrogens with one attached hydrogen (secondary N) is 3. The van der Waals surface area contributed by atoms with Crippen molar-refractivity contribution in [3.63, 3.8) is 0 Å². The lowest BCUT2D eigenvalue weighted by molar-refractivity contribution is -0.322. The minimum Gasteiger partial charge on any atom is -0.402 e. The first-order valence-electron chi connectivity index (χ1n) is 23.2. The number of alkyl halides is 3. The summed E-state index contributed by atoms with van der Waals surface area (Å²) in [6, 6.07) is 12.7. The van der Waals surface area contributed by atoms with E-state index in [0.29, 0.717) is 30.6 Å². The van der Waals surface area contributed by atoms with Crippen LogP contribution < -0.4 is 22.5 Å². The van der Waals surface area contributed by atoms with E-state index in [1.807, 2.05) is 23.6 Å². The SMILES string of the molecule is Cc1cc(N=C(C2=C(N)CCN(C(=O)c3cc4cc(C5CCOC(C)(C)C5)ccc4n3C3(c4noc(=O)[nH]4)CC3C)C2C)n2ccn(-c3ccc(NCCOC(F)(F)F)c(C=N)c3F)c2=O)cc(C)c1F. The van der Waals surface area contributed by atoms with Crippen LogP contribution in [0.1, 0.15) is 97.9 Å². The molecule has 0 radical (unpaired) electrons. The highest BCUT2D eigenvalue weighted by Gasteiger charge is 2.59. The molecule has 1 aliphatic carbocycles. The number of anilines is 1. The molecule has 6 aromatic rings. The van der Waals surface area contributed by atoms with E-state index in [0.717, 1.165) is 38.4 Å². The maximum absolute atomic E-state index is 16.3. The monoisotopic (exact) mass is 984 g/mol. The summed E-state index contributed by atoms with van der Waals surface area (Å²) < 4.78 is 87.9. The average molecular weight is 985 g/mol. The Morgan fingerprint density at radius 1 is 1.06 bits per heavy atom. The summed E-state index contributed by atoms with van der Waals surface area (Å²) in [4.78, 5) is 51.9. The van der Waals surface area contributed by atoms with Crippen LogP contribution in [0.5, 0.6) is 0 Å². The van der Waals surface area contributed by atoms with E-state index in [2.05, 4.69) is 46.2 Å². The normalized spacial score (nSPS) is 21.5. The number of amides is 1. The fraction of sp³-hybridized carbons (Fsp3) is 0.400. The average Bonchev–Trinajstić information content (AvgIpc) is 3.62. The highest BCUT2D eigenvalue weighted by molar-refractivity contribution is 6.05. The summed E-state index contributed by atoms with van der Waals surface area (Å²) in [5.41, 5.74) is 7.70. The smallest absolute Gasteiger partial charge is 0.402 e. The van der Waals surface area contributed by atoms with Crippen LogP contribution in [0.3, 0.4) is 0 Å². The number of halogens is 5. The van der Waals surface area contributed by atoms with Crippen LogP contribution in [0.25, 0.3) is 16.6 Å². The zero-order valence-corrected chi connectivity index (χ0v) is 39.8. The molecule has 0 bridgehead atoms. The number of benzene rings is 3. The predicted octanol–water partition coefficient (Wildman–Crippen LogP) is 8.29. The van der Waals surface area contributed by atoms with Crippen molar-refractivity contribution in [2.24, 2.45) is 16.6 Å². The molecule has 16 nitrogen and oxygen atoms in total. The molecule has 4 atom stereocenters.